The summed E-state index contributed by atoms with van der Waals surface area (Å²) in [6.45, 7) is 5.53. The number of halogens is 2. The second-order valence-corrected chi connectivity index (χ2v) is 10.1. The highest BCUT2D eigenvalue weighted by atomic mass is 19.2. The van der Waals surface area contributed by atoms with Gasteiger partial charge < -0.3 is 25.2 Å². The number of aromatic nitrogens is 2. The van der Waals surface area contributed by atoms with Crippen LogP contribution in [0.15, 0.2) is 55.4 Å². The molecule has 0 saturated carbocycles. The van der Waals surface area contributed by atoms with Crippen LogP contribution in [0.3, 0.4) is 0 Å². The maximum atomic E-state index is 14.6. The molecule has 216 valence electrons. The summed E-state index contributed by atoms with van der Waals surface area (Å²) < 4.78 is 34.3. The molecule has 0 radical (unpaired) electrons. The average molecular weight is 566 g/mol. The van der Waals surface area contributed by atoms with Crippen LogP contribution in [0.25, 0.3) is 0 Å². The number of benzene rings is 2. The Hall–Kier alpha value is -4.29. The van der Waals surface area contributed by atoms with Gasteiger partial charge in [0.1, 0.15) is 17.9 Å². The number of rotatable bonds is 9. The quantitative estimate of drug-likeness (QED) is 0.360. The SMILES string of the molecule is C=CC(=O)Nc1cc(Nc2cc(N3OCC[C@@H]3c3cccc(F)c3F)ncn2)c(OC)cc1N1CC[C@@H](N(C)C)C1. The molecule has 0 unspecified atom stereocenters. The molecule has 0 spiro atoms. The number of carbonyl (C=O) groups excluding carboxylic acids is 1. The Morgan fingerprint density at radius 1 is 1.20 bits per heavy atom. The molecule has 0 aliphatic carbocycles. The van der Waals surface area contributed by atoms with Gasteiger partial charge in [0.05, 0.1) is 36.8 Å². The van der Waals surface area contributed by atoms with Gasteiger partial charge in [0.15, 0.2) is 17.5 Å². The summed E-state index contributed by atoms with van der Waals surface area (Å²) in [6.07, 6.45) is 4.02. The molecule has 3 heterocycles. The number of hydroxylamine groups is 1. The Labute approximate surface area is 237 Å². The van der Waals surface area contributed by atoms with Crippen molar-refractivity contribution < 1.29 is 23.1 Å². The lowest BCUT2D eigenvalue weighted by Gasteiger charge is -2.26. The molecular weight excluding hydrogens is 532 g/mol. The predicted octanol–water partition coefficient (Wildman–Crippen LogP) is 4.65. The van der Waals surface area contributed by atoms with Crippen molar-refractivity contribution in [2.24, 2.45) is 0 Å². The van der Waals surface area contributed by atoms with Gasteiger partial charge in [0.2, 0.25) is 5.91 Å². The third-order valence-electron chi connectivity index (χ3n) is 7.38. The van der Waals surface area contributed by atoms with Crippen LogP contribution in [-0.2, 0) is 9.63 Å². The number of amides is 1. The minimum atomic E-state index is -0.916. The van der Waals surface area contributed by atoms with Crippen molar-refractivity contribution in [3.63, 3.8) is 0 Å². The molecule has 1 amide bonds. The Morgan fingerprint density at radius 3 is 2.76 bits per heavy atom. The Balaban J connectivity index is 1.45. The molecule has 2 fully saturated rings. The monoisotopic (exact) mass is 565 g/mol. The van der Waals surface area contributed by atoms with Crippen molar-refractivity contribution in [3.05, 3.63) is 72.6 Å². The Kier molecular flexibility index (Phi) is 8.31. The van der Waals surface area contributed by atoms with Crippen LogP contribution in [0.1, 0.15) is 24.4 Å². The molecular formula is C29H33F2N7O3. The van der Waals surface area contributed by atoms with E-state index in [0.29, 0.717) is 47.8 Å². The lowest BCUT2D eigenvalue weighted by Crippen LogP contribution is -2.31. The second kappa shape index (κ2) is 12.1. The van der Waals surface area contributed by atoms with E-state index in [1.807, 2.05) is 6.07 Å². The van der Waals surface area contributed by atoms with Crippen molar-refractivity contribution in [1.82, 2.24) is 14.9 Å². The van der Waals surface area contributed by atoms with Crippen LogP contribution in [0, 0.1) is 11.6 Å². The van der Waals surface area contributed by atoms with Crippen LogP contribution in [0.4, 0.5) is 37.5 Å². The van der Waals surface area contributed by atoms with E-state index in [1.165, 1.54) is 29.6 Å². The van der Waals surface area contributed by atoms with Crippen molar-refractivity contribution in [2.45, 2.75) is 24.9 Å². The summed E-state index contributed by atoms with van der Waals surface area (Å²) in [6, 6.07) is 9.24. The minimum Gasteiger partial charge on any atom is -0.494 e. The van der Waals surface area contributed by atoms with Gasteiger partial charge in [0.25, 0.3) is 0 Å². The van der Waals surface area contributed by atoms with Crippen LogP contribution < -0.4 is 25.3 Å². The van der Waals surface area contributed by atoms with Gasteiger partial charge in [-0.15, -0.1) is 0 Å². The fourth-order valence-corrected chi connectivity index (χ4v) is 5.19. The third kappa shape index (κ3) is 5.93. The highest BCUT2D eigenvalue weighted by molar-refractivity contribution is 6.02. The van der Waals surface area contributed by atoms with E-state index in [-0.39, 0.29) is 11.5 Å². The molecule has 2 atom stereocenters. The summed E-state index contributed by atoms with van der Waals surface area (Å²) in [5.74, 6) is -0.838. The predicted molar refractivity (Wildman–Crippen MR) is 154 cm³/mol. The number of nitrogens with one attached hydrogen (secondary N) is 2. The zero-order valence-corrected chi connectivity index (χ0v) is 23.2. The minimum absolute atomic E-state index is 0.189. The molecule has 41 heavy (non-hydrogen) atoms. The van der Waals surface area contributed by atoms with Gasteiger partial charge in [-0.25, -0.2) is 23.8 Å². The third-order valence-corrected chi connectivity index (χ3v) is 7.38. The molecule has 3 aromatic rings. The van der Waals surface area contributed by atoms with Crippen molar-refractivity contribution in [2.75, 3.05) is 61.5 Å². The summed E-state index contributed by atoms with van der Waals surface area (Å²) in [5, 5.41) is 7.62. The maximum absolute atomic E-state index is 14.6. The summed E-state index contributed by atoms with van der Waals surface area (Å²) in [4.78, 5) is 31.1. The highest BCUT2D eigenvalue weighted by Gasteiger charge is 2.32. The largest absolute Gasteiger partial charge is 0.494 e. The molecule has 2 aromatic carbocycles. The molecule has 2 N–H and O–H groups in total. The maximum Gasteiger partial charge on any atom is 0.247 e. The van der Waals surface area contributed by atoms with Gasteiger partial charge in [-0.3, -0.25) is 9.63 Å². The first-order valence-corrected chi connectivity index (χ1v) is 13.3. The number of carbonyl (C=O) groups is 1. The molecule has 2 saturated heterocycles. The smallest absolute Gasteiger partial charge is 0.247 e. The summed E-state index contributed by atoms with van der Waals surface area (Å²) in [7, 11) is 5.69. The van der Waals surface area contributed by atoms with Crippen molar-refractivity contribution in [1.29, 1.82) is 0 Å². The molecule has 10 nitrogen and oxygen atoms in total. The van der Waals surface area contributed by atoms with Crippen LogP contribution in [0.5, 0.6) is 5.75 Å². The zero-order chi connectivity index (χ0) is 29.1. The van der Waals surface area contributed by atoms with Crippen molar-refractivity contribution in [3.8, 4) is 5.75 Å². The topological polar surface area (TPSA) is 95.1 Å². The summed E-state index contributed by atoms with van der Waals surface area (Å²) >= 11 is 0. The highest BCUT2D eigenvalue weighted by Crippen LogP contribution is 2.41. The zero-order valence-electron chi connectivity index (χ0n) is 23.2. The fraction of sp³-hybridized carbons (Fsp3) is 0.345. The van der Waals surface area contributed by atoms with Crippen LogP contribution >= 0.6 is 0 Å². The molecule has 5 rings (SSSR count). The van der Waals surface area contributed by atoms with E-state index >= 15 is 0 Å². The van der Waals surface area contributed by atoms with E-state index in [9.17, 15) is 13.6 Å². The lowest BCUT2D eigenvalue weighted by molar-refractivity contribution is -0.111. The van der Waals surface area contributed by atoms with E-state index < -0.39 is 17.7 Å². The molecule has 0 bridgehead atoms. The first-order chi connectivity index (χ1) is 19.8. The number of methoxy groups -OCH3 is 1. The van der Waals surface area contributed by atoms with Crippen LogP contribution in [0.2, 0.25) is 0 Å². The van der Waals surface area contributed by atoms with E-state index in [1.54, 1.807) is 19.2 Å². The molecule has 12 heteroatoms. The molecule has 2 aliphatic heterocycles. The molecule has 2 aliphatic rings. The first-order valence-electron chi connectivity index (χ1n) is 13.3. The van der Waals surface area contributed by atoms with E-state index in [0.717, 1.165) is 31.3 Å². The number of likely N-dealkylation sites (N-methyl/N-ethyl adjacent to an activating group) is 1. The second-order valence-electron chi connectivity index (χ2n) is 10.1. The van der Waals surface area contributed by atoms with E-state index in [4.69, 9.17) is 9.57 Å². The average Bonchev–Trinajstić information content (AvgIpc) is 3.66. The number of nitrogens with zero attached hydrogens (tertiary/aromatic N) is 5. The number of hydrogen-bond donors (Lipinski definition) is 2. The first kappa shape index (κ1) is 28.2. The molecule has 1 aromatic heterocycles. The lowest BCUT2D eigenvalue weighted by atomic mass is 10.0. The van der Waals surface area contributed by atoms with Gasteiger partial charge in [-0.1, -0.05) is 18.7 Å². The summed E-state index contributed by atoms with van der Waals surface area (Å²) in [5.41, 5.74) is 2.17. The van der Waals surface area contributed by atoms with Gasteiger partial charge in [-0.2, -0.15) is 0 Å². The normalized spacial score (nSPS) is 18.6. The van der Waals surface area contributed by atoms with Crippen molar-refractivity contribution >= 4 is 34.6 Å². The number of ether oxygens (including phenoxy) is 1. The number of anilines is 5. The van der Waals surface area contributed by atoms with Gasteiger partial charge in [0, 0.05) is 43.2 Å². The fourth-order valence-electron chi connectivity index (χ4n) is 5.19. The standard InChI is InChI=1S/C29H33F2N7O3/c1-5-28(39)35-21-13-22(25(40-4)14-24(21)37-11-9-18(16-37)36(2)3)34-26-15-27(33-17-32-26)38-23(10-12-41-38)19-7-6-8-20(30)29(19)31/h5-8,13-15,17-18,23H,1,9-12,16H2,2-4H3,(H,35,39)(H,32,33,34)/t18-,23-/m1/s1. The van der Waals surface area contributed by atoms with Gasteiger partial charge >= 0.3 is 0 Å². The Morgan fingerprint density at radius 2 is 2.02 bits per heavy atom. The van der Waals surface area contributed by atoms with E-state index in [2.05, 4.69) is 51.1 Å². The van der Waals surface area contributed by atoms with Gasteiger partial charge in [-0.05, 0) is 38.7 Å². The Bertz CT molecular complexity index is 1440. The number of hydrogen-bond acceptors (Lipinski definition) is 9. The van der Waals surface area contributed by atoms with Crippen LogP contribution in [-0.4, -0.2) is 67.7 Å².